The van der Waals surface area contributed by atoms with E-state index >= 15 is 0 Å². The zero-order chi connectivity index (χ0) is 8.72. The molecule has 4 heteroatoms. The molecule has 62 valence electrons. The first-order valence-electron chi connectivity index (χ1n) is 3.34. The fourth-order valence-electron chi connectivity index (χ4n) is 1.12. The summed E-state index contributed by atoms with van der Waals surface area (Å²) in [5.74, 6) is 0.310. The van der Waals surface area contributed by atoms with Gasteiger partial charge < -0.3 is 10.8 Å². The first-order valence-corrected chi connectivity index (χ1v) is 5.30. The Bertz CT molecular complexity index is 438. The molecule has 12 heavy (non-hydrogen) atoms. The molecule has 0 amide bonds. The minimum Gasteiger partial charge on any atom is -0.507 e. The highest BCUT2D eigenvalue weighted by atomic mass is 127. The van der Waals surface area contributed by atoms with Crippen LogP contribution in [0.15, 0.2) is 17.5 Å². The van der Waals surface area contributed by atoms with E-state index in [2.05, 4.69) is 22.6 Å². The average Bonchev–Trinajstić information content (AvgIpc) is 2.42. The molecule has 1 aromatic heterocycles. The van der Waals surface area contributed by atoms with E-state index in [-0.39, 0.29) is 0 Å². The van der Waals surface area contributed by atoms with Crippen molar-refractivity contribution in [3.8, 4) is 5.75 Å². The second-order valence-corrected chi connectivity index (χ2v) is 4.50. The molecular formula is C8H6INOS. The molecule has 0 saturated heterocycles. The summed E-state index contributed by atoms with van der Waals surface area (Å²) < 4.78 is 2.02. The van der Waals surface area contributed by atoms with Gasteiger partial charge in [-0.15, -0.1) is 11.3 Å². The van der Waals surface area contributed by atoms with Crippen molar-refractivity contribution in [2.24, 2.45) is 0 Å². The van der Waals surface area contributed by atoms with Crippen molar-refractivity contribution >= 4 is 49.7 Å². The Morgan fingerprint density at radius 3 is 2.83 bits per heavy atom. The van der Waals surface area contributed by atoms with Crippen LogP contribution in [0.25, 0.3) is 10.1 Å². The van der Waals surface area contributed by atoms with Gasteiger partial charge in [0, 0.05) is 20.0 Å². The molecule has 0 unspecified atom stereocenters. The van der Waals surface area contributed by atoms with E-state index in [0.29, 0.717) is 5.75 Å². The summed E-state index contributed by atoms with van der Waals surface area (Å²) in [5, 5.41) is 12.4. The summed E-state index contributed by atoms with van der Waals surface area (Å²) in [5.41, 5.74) is 6.47. The monoisotopic (exact) mass is 291 g/mol. The van der Waals surface area contributed by atoms with Crippen LogP contribution in [0.1, 0.15) is 0 Å². The van der Waals surface area contributed by atoms with Crippen molar-refractivity contribution in [3.63, 3.8) is 0 Å². The van der Waals surface area contributed by atoms with Gasteiger partial charge in [0.2, 0.25) is 0 Å². The molecular weight excluding hydrogens is 285 g/mol. The third kappa shape index (κ3) is 1.06. The van der Waals surface area contributed by atoms with Crippen molar-refractivity contribution in [1.82, 2.24) is 0 Å². The van der Waals surface area contributed by atoms with E-state index in [0.717, 1.165) is 19.3 Å². The van der Waals surface area contributed by atoms with E-state index in [9.17, 15) is 5.11 Å². The second-order valence-electron chi connectivity index (χ2n) is 2.46. The summed E-state index contributed by atoms with van der Waals surface area (Å²) in [4.78, 5) is 0. The number of nitrogens with two attached hydrogens (primary N) is 1. The molecule has 0 aliphatic heterocycles. The highest BCUT2D eigenvalue weighted by molar-refractivity contribution is 14.1. The SMILES string of the molecule is Nc1ccc(O)c2c(I)csc12. The number of benzene rings is 1. The van der Waals surface area contributed by atoms with Crippen molar-refractivity contribution < 1.29 is 5.11 Å². The van der Waals surface area contributed by atoms with E-state index < -0.39 is 0 Å². The molecule has 0 saturated carbocycles. The summed E-state index contributed by atoms with van der Waals surface area (Å²) >= 11 is 3.75. The third-order valence-electron chi connectivity index (χ3n) is 1.69. The maximum absolute atomic E-state index is 9.51. The van der Waals surface area contributed by atoms with E-state index in [1.807, 2.05) is 5.38 Å². The van der Waals surface area contributed by atoms with Crippen molar-refractivity contribution in [3.05, 3.63) is 21.1 Å². The highest BCUT2D eigenvalue weighted by Gasteiger charge is 2.08. The van der Waals surface area contributed by atoms with Gasteiger partial charge in [-0.2, -0.15) is 0 Å². The molecule has 1 aromatic carbocycles. The van der Waals surface area contributed by atoms with Crippen LogP contribution in [0.5, 0.6) is 5.75 Å². The highest BCUT2D eigenvalue weighted by Crippen LogP contribution is 2.37. The molecule has 2 aromatic rings. The van der Waals surface area contributed by atoms with E-state index in [1.165, 1.54) is 0 Å². The van der Waals surface area contributed by atoms with Gasteiger partial charge in [0.25, 0.3) is 0 Å². The quantitative estimate of drug-likeness (QED) is 0.445. The first-order chi connectivity index (χ1) is 5.70. The predicted molar refractivity (Wildman–Crippen MR) is 60.6 cm³/mol. The average molecular weight is 291 g/mol. The molecule has 3 N–H and O–H groups in total. The van der Waals surface area contributed by atoms with Crippen LogP contribution < -0.4 is 5.73 Å². The minimum atomic E-state index is 0.310. The fraction of sp³-hybridized carbons (Fsp3) is 0. The van der Waals surface area contributed by atoms with Gasteiger partial charge >= 0.3 is 0 Å². The molecule has 1 heterocycles. The van der Waals surface area contributed by atoms with Crippen molar-refractivity contribution in [2.45, 2.75) is 0 Å². The third-order valence-corrected chi connectivity index (χ3v) is 3.99. The molecule has 2 rings (SSSR count). The maximum atomic E-state index is 9.51. The number of thiophene rings is 1. The maximum Gasteiger partial charge on any atom is 0.125 e. The van der Waals surface area contributed by atoms with Gasteiger partial charge in [0.1, 0.15) is 5.75 Å². The second kappa shape index (κ2) is 2.77. The number of anilines is 1. The van der Waals surface area contributed by atoms with Gasteiger partial charge in [0.15, 0.2) is 0 Å². The van der Waals surface area contributed by atoms with Gasteiger partial charge in [-0.3, -0.25) is 0 Å². The number of rotatable bonds is 0. The molecule has 0 spiro atoms. The Kier molecular flexibility index (Phi) is 1.88. The lowest BCUT2D eigenvalue weighted by molar-refractivity contribution is 0.481. The predicted octanol–water partition coefficient (Wildman–Crippen LogP) is 2.79. The summed E-state index contributed by atoms with van der Waals surface area (Å²) in [7, 11) is 0. The summed E-state index contributed by atoms with van der Waals surface area (Å²) in [6, 6.07) is 3.36. The van der Waals surface area contributed by atoms with Crippen molar-refractivity contribution in [2.75, 3.05) is 5.73 Å². The van der Waals surface area contributed by atoms with E-state index in [4.69, 9.17) is 5.73 Å². The normalized spacial score (nSPS) is 10.8. The van der Waals surface area contributed by atoms with Gasteiger partial charge in [0.05, 0.1) is 4.70 Å². The van der Waals surface area contributed by atoms with Gasteiger partial charge in [-0.1, -0.05) is 0 Å². The Labute approximate surface area is 87.1 Å². The molecule has 0 fully saturated rings. The van der Waals surface area contributed by atoms with E-state index in [1.54, 1.807) is 23.5 Å². The number of aromatic hydroxyl groups is 1. The van der Waals surface area contributed by atoms with Crippen LogP contribution in [0.3, 0.4) is 0 Å². The standard InChI is InChI=1S/C8H6INOS/c9-4-3-12-8-5(10)1-2-6(11)7(4)8/h1-3,11H,10H2. The molecule has 0 atom stereocenters. The lowest BCUT2D eigenvalue weighted by Crippen LogP contribution is -1.83. The summed E-state index contributed by atoms with van der Waals surface area (Å²) in [6.07, 6.45) is 0. The minimum absolute atomic E-state index is 0.310. The van der Waals surface area contributed by atoms with Crippen LogP contribution >= 0.6 is 33.9 Å². The number of phenols is 1. The molecule has 0 aliphatic carbocycles. The summed E-state index contributed by atoms with van der Waals surface area (Å²) in [6.45, 7) is 0. The fourth-order valence-corrected chi connectivity index (χ4v) is 3.10. The van der Waals surface area contributed by atoms with Crippen LogP contribution in [0.4, 0.5) is 5.69 Å². The van der Waals surface area contributed by atoms with Gasteiger partial charge in [-0.05, 0) is 34.7 Å². The first kappa shape index (κ1) is 8.12. The number of nitrogen functional groups attached to an aromatic ring is 1. The Morgan fingerprint density at radius 2 is 2.17 bits per heavy atom. The molecule has 0 bridgehead atoms. The number of halogens is 1. The number of hydrogen-bond donors (Lipinski definition) is 2. The Balaban J connectivity index is 2.98. The number of fused-ring (bicyclic) bond motifs is 1. The Morgan fingerprint density at radius 1 is 1.42 bits per heavy atom. The zero-order valence-electron chi connectivity index (χ0n) is 6.04. The van der Waals surface area contributed by atoms with Crippen LogP contribution in [0.2, 0.25) is 0 Å². The van der Waals surface area contributed by atoms with Crippen LogP contribution in [0, 0.1) is 3.57 Å². The lowest BCUT2D eigenvalue weighted by Gasteiger charge is -1.98. The molecule has 0 aliphatic rings. The van der Waals surface area contributed by atoms with Crippen molar-refractivity contribution in [1.29, 1.82) is 0 Å². The molecule has 2 nitrogen and oxygen atoms in total. The topological polar surface area (TPSA) is 46.2 Å². The largest absolute Gasteiger partial charge is 0.507 e. The number of hydrogen-bond acceptors (Lipinski definition) is 3. The lowest BCUT2D eigenvalue weighted by atomic mass is 10.2. The molecule has 0 radical (unpaired) electrons. The van der Waals surface area contributed by atoms with Crippen LogP contribution in [-0.2, 0) is 0 Å². The zero-order valence-corrected chi connectivity index (χ0v) is 9.02. The number of phenolic OH excluding ortho intramolecular Hbond substituents is 1. The Hall–Kier alpha value is -0.490. The smallest absolute Gasteiger partial charge is 0.125 e. The van der Waals surface area contributed by atoms with Crippen LogP contribution in [-0.4, -0.2) is 5.11 Å². The van der Waals surface area contributed by atoms with Gasteiger partial charge in [-0.25, -0.2) is 0 Å².